The van der Waals surface area contributed by atoms with Crippen LogP contribution in [0.1, 0.15) is 0 Å². The number of pyridine rings is 1. The molecule has 14 heavy (non-hydrogen) atoms. The van der Waals surface area contributed by atoms with Crippen LogP contribution in [0.25, 0.3) is 10.9 Å². The third kappa shape index (κ3) is 1.35. The van der Waals surface area contributed by atoms with E-state index in [1.54, 1.807) is 0 Å². The van der Waals surface area contributed by atoms with Crippen molar-refractivity contribution >= 4 is 38.4 Å². The summed E-state index contributed by atoms with van der Waals surface area (Å²) in [5, 5.41) is 0.407. The Morgan fingerprint density at radius 3 is 2.86 bits per heavy atom. The van der Waals surface area contributed by atoms with Crippen molar-refractivity contribution in [3.05, 3.63) is 43.9 Å². The highest BCUT2D eigenvalue weighted by molar-refractivity contribution is 9.10. The minimum atomic E-state index is -0.492. The van der Waals surface area contributed by atoms with E-state index in [0.717, 1.165) is 0 Å². The van der Waals surface area contributed by atoms with Gasteiger partial charge in [-0.15, -0.1) is 0 Å². The van der Waals surface area contributed by atoms with Gasteiger partial charge in [0.15, 0.2) is 0 Å². The molecule has 1 heterocycles. The predicted molar refractivity (Wildman–Crippen MR) is 57.2 cm³/mol. The van der Waals surface area contributed by atoms with Crippen molar-refractivity contribution in [2.24, 2.45) is 0 Å². The molecule has 0 aliphatic carbocycles. The Morgan fingerprint density at radius 1 is 1.43 bits per heavy atom. The van der Waals surface area contributed by atoms with Crippen LogP contribution in [-0.4, -0.2) is 4.98 Å². The van der Waals surface area contributed by atoms with E-state index in [1.165, 1.54) is 18.3 Å². The minimum Gasteiger partial charge on any atom is -0.357 e. The van der Waals surface area contributed by atoms with Gasteiger partial charge in [-0.1, -0.05) is 11.6 Å². The largest absolute Gasteiger partial charge is 0.357 e. The van der Waals surface area contributed by atoms with Gasteiger partial charge in [0.05, 0.1) is 20.4 Å². The van der Waals surface area contributed by atoms with Crippen molar-refractivity contribution in [3.8, 4) is 0 Å². The van der Waals surface area contributed by atoms with E-state index >= 15 is 0 Å². The lowest BCUT2D eigenvalue weighted by Gasteiger charge is -2.01. The van der Waals surface area contributed by atoms with Crippen molar-refractivity contribution < 1.29 is 4.39 Å². The number of halogens is 3. The Kier molecular flexibility index (Phi) is 2.33. The quantitative estimate of drug-likeness (QED) is 0.788. The number of rotatable bonds is 0. The fourth-order valence-corrected chi connectivity index (χ4v) is 1.79. The summed E-state index contributed by atoms with van der Waals surface area (Å²) in [7, 11) is 0. The lowest BCUT2D eigenvalue weighted by atomic mass is 10.2. The topological polar surface area (TPSA) is 32.9 Å². The number of aromatic nitrogens is 1. The fraction of sp³-hybridized carbons (Fsp3) is 0. The van der Waals surface area contributed by atoms with Gasteiger partial charge in [-0.05, 0) is 28.1 Å². The van der Waals surface area contributed by atoms with E-state index in [1.807, 2.05) is 0 Å². The Bertz CT molecular complexity index is 566. The van der Waals surface area contributed by atoms with Gasteiger partial charge in [0.2, 0.25) is 5.43 Å². The summed E-state index contributed by atoms with van der Waals surface area (Å²) in [6, 6.07) is 2.58. The number of aromatic amines is 1. The fourth-order valence-electron chi connectivity index (χ4n) is 1.24. The van der Waals surface area contributed by atoms with Crippen LogP contribution in [-0.2, 0) is 0 Å². The Morgan fingerprint density at radius 2 is 2.14 bits per heavy atom. The van der Waals surface area contributed by atoms with Crippen molar-refractivity contribution in [1.29, 1.82) is 0 Å². The molecule has 0 aliphatic heterocycles. The second-order valence-electron chi connectivity index (χ2n) is 2.74. The van der Waals surface area contributed by atoms with Crippen molar-refractivity contribution in [2.45, 2.75) is 0 Å². The van der Waals surface area contributed by atoms with Crippen LogP contribution < -0.4 is 5.43 Å². The Labute approximate surface area is 91.8 Å². The molecule has 0 radical (unpaired) electrons. The van der Waals surface area contributed by atoms with Crippen molar-refractivity contribution in [1.82, 2.24) is 4.98 Å². The number of hydrogen-bond donors (Lipinski definition) is 1. The molecular formula is C9H4BrClFNO. The van der Waals surface area contributed by atoms with Crippen LogP contribution >= 0.6 is 27.5 Å². The monoisotopic (exact) mass is 275 g/mol. The van der Waals surface area contributed by atoms with Gasteiger partial charge in [0, 0.05) is 6.20 Å². The minimum absolute atomic E-state index is 0.130. The summed E-state index contributed by atoms with van der Waals surface area (Å²) in [5.74, 6) is -0.492. The Hall–Kier alpha value is -0.870. The van der Waals surface area contributed by atoms with Crippen LogP contribution in [0.5, 0.6) is 0 Å². The second kappa shape index (κ2) is 3.37. The maximum atomic E-state index is 13.2. The summed E-state index contributed by atoms with van der Waals surface area (Å²) in [5.41, 5.74) is -0.186. The van der Waals surface area contributed by atoms with E-state index in [0.29, 0.717) is 4.47 Å². The van der Waals surface area contributed by atoms with Gasteiger partial charge in [0.1, 0.15) is 5.82 Å². The van der Waals surface area contributed by atoms with Crippen LogP contribution in [0.2, 0.25) is 5.02 Å². The van der Waals surface area contributed by atoms with Gasteiger partial charge in [-0.25, -0.2) is 4.39 Å². The number of benzene rings is 1. The molecule has 1 aromatic heterocycles. The maximum Gasteiger partial charge on any atom is 0.205 e. The molecule has 72 valence electrons. The summed E-state index contributed by atoms with van der Waals surface area (Å²) in [6.45, 7) is 0. The number of nitrogens with one attached hydrogen (secondary N) is 1. The standard InChI is InChI=1S/C9H4BrClFNO/c10-4-3-13-8-6(12)2-1-5(11)7(8)9(4)14/h1-3H,(H,13,14). The average molecular weight is 276 g/mol. The van der Waals surface area contributed by atoms with E-state index < -0.39 is 5.82 Å². The maximum absolute atomic E-state index is 13.2. The second-order valence-corrected chi connectivity index (χ2v) is 4.01. The van der Waals surface area contributed by atoms with Gasteiger partial charge < -0.3 is 4.98 Å². The molecule has 5 heteroatoms. The van der Waals surface area contributed by atoms with E-state index in [9.17, 15) is 9.18 Å². The Balaban J connectivity index is 3.09. The number of H-pyrrole nitrogens is 1. The first-order chi connectivity index (χ1) is 6.61. The normalized spacial score (nSPS) is 10.8. The first kappa shape index (κ1) is 9.68. The van der Waals surface area contributed by atoms with Crippen LogP contribution in [0.4, 0.5) is 4.39 Å². The zero-order valence-electron chi connectivity index (χ0n) is 6.77. The van der Waals surface area contributed by atoms with Gasteiger partial charge in [0.25, 0.3) is 0 Å². The molecule has 0 spiro atoms. The van der Waals surface area contributed by atoms with Crippen LogP contribution in [0.15, 0.2) is 27.6 Å². The summed E-state index contributed by atoms with van der Waals surface area (Å²) in [4.78, 5) is 14.2. The van der Waals surface area contributed by atoms with Gasteiger partial charge in [-0.2, -0.15) is 0 Å². The number of fused-ring (bicyclic) bond motifs is 1. The smallest absolute Gasteiger partial charge is 0.205 e. The summed E-state index contributed by atoms with van der Waals surface area (Å²) in [6.07, 6.45) is 1.39. The molecule has 0 fully saturated rings. The highest BCUT2D eigenvalue weighted by Crippen LogP contribution is 2.22. The molecule has 2 rings (SSSR count). The van der Waals surface area contributed by atoms with Crippen LogP contribution in [0.3, 0.4) is 0 Å². The SMILES string of the molecule is O=c1c(Br)c[nH]c2c(F)ccc(Cl)c12. The summed E-state index contributed by atoms with van der Waals surface area (Å²) >= 11 is 8.85. The lowest BCUT2D eigenvalue weighted by Crippen LogP contribution is -2.05. The highest BCUT2D eigenvalue weighted by atomic mass is 79.9. The average Bonchev–Trinajstić information content (AvgIpc) is 2.16. The molecule has 0 atom stereocenters. The van der Waals surface area contributed by atoms with E-state index in [-0.39, 0.29) is 21.4 Å². The molecule has 0 aliphatic rings. The van der Waals surface area contributed by atoms with Crippen LogP contribution in [0, 0.1) is 5.82 Å². The lowest BCUT2D eigenvalue weighted by molar-refractivity contribution is 0.636. The molecule has 1 N–H and O–H groups in total. The van der Waals surface area contributed by atoms with Gasteiger partial charge in [-0.3, -0.25) is 4.79 Å². The van der Waals surface area contributed by atoms with Crippen molar-refractivity contribution in [3.63, 3.8) is 0 Å². The molecule has 2 nitrogen and oxygen atoms in total. The van der Waals surface area contributed by atoms with Crippen molar-refractivity contribution in [2.75, 3.05) is 0 Å². The predicted octanol–water partition coefficient (Wildman–Crippen LogP) is 3.08. The highest BCUT2D eigenvalue weighted by Gasteiger charge is 2.10. The third-order valence-corrected chi connectivity index (χ3v) is 2.79. The van der Waals surface area contributed by atoms with Gasteiger partial charge >= 0.3 is 0 Å². The molecule has 0 amide bonds. The molecule has 2 aromatic rings. The molecule has 0 unspecified atom stereocenters. The third-order valence-electron chi connectivity index (χ3n) is 1.89. The molecule has 0 saturated heterocycles. The van der Waals surface area contributed by atoms with E-state index in [4.69, 9.17) is 11.6 Å². The number of hydrogen-bond acceptors (Lipinski definition) is 1. The molecular weight excluding hydrogens is 272 g/mol. The van der Waals surface area contributed by atoms with E-state index in [2.05, 4.69) is 20.9 Å². The zero-order chi connectivity index (χ0) is 10.3. The molecule has 1 aromatic carbocycles. The molecule has 0 saturated carbocycles. The molecule has 0 bridgehead atoms. The summed E-state index contributed by atoms with van der Waals surface area (Å²) < 4.78 is 13.6. The first-order valence-electron chi connectivity index (χ1n) is 3.76. The zero-order valence-corrected chi connectivity index (χ0v) is 9.12. The first-order valence-corrected chi connectivity index (χ1v) is 4.93.